The van der Waals surface area contributed by atoms with Gasteiger partial charge in [-0.3, -0.25) is 4.68 Å². The predicted octanol–water partition coefficient (Wildman–Crippen LogP) is 2.32. The van der Waals surface area contributed by atoms with E-state index in [2.05, 4.69) is 26.1 Å². The third-order valence-electron chi connectivity index (χ3n) is 3.70. The third kappa shape index (κ3) is 2.44. The highest BCUT2D eigenvalue weighted by atomic mass is 35.5. The molecule has 0 bridgehead atoms. The van der Waals surface area contributed by atoms with E-state index in [-0.39, 0.29) is 6.04 Å². The fourth-order valence-corrected chi connectivity index (χ4v) is 3.02. The molecule has 0 saturated carbocycles. The van der Waals surface area contributed by atoms with Crippen LogP contribution in [0.25, 0.3) is 11.2 Å². The molecular weight excluding hydrogens is 288 g/mol. The van der Waals surface area contributed by atoms with Gasteiger partial charge in [-0.05, 0) is 13.8 Å². The molecule has 0 fully saturated rings. The fraction of sp³-hybridized carbons (Fsp3) is 0.500. The molecule has 0 aliphatic carbocycles. The molecule has 0 aromatic carbocycles. The highest BCUT2D eigenvalue weighted by molar-refractivity contribution is 6.17. The van der Waals surface area contributed by atoms with Crippen LogP contribution in [0.1, 0.15) is 24.5 Å². The van der Waals surface area contributed by atoms with Gasteiger partial charge < -0.3 is 9.13 Å². The number of halogens is 1. The second-order valence-electron chi connectivity index (χ2n) is 5.33. The van der Waals surface area contributed by atoms with E-state index < -0.39 is 0 Å². The standard InChI is InChI=1S/C14H19ClN6/c1-10(8-20-7-6-16-9-20)21-12(4-5-15)17-13-11(2)18-19(3)14(13)21/h6-7,9-10H,4-5,8H2,1-3H3. The number of alkyl halides is 1. The average molecular weight is 307 g/mol. The highest BCUT2D eigenvalue weighted by Gasteiger charge is 2.20. The van der Waals surface area contributed by atoms with Gasteiger partial charge in [0.2, 0.25) is 0 Å². The number of aryl methyl sites for hydroxylation is 3. The van der Waals surface area contributed by atoms with Gasteiger partial charge >= 0.3 is 0 Å². The number of nitrogens with zero attached hydrogens (tertiary/aromatic N) is 6. The molecule has 0 aliphatic heterocycles. The summed E-state index contributed by atoms with van der Waals surface area (Å²) in [6.07, 6.45) is 6.36. The quantitative estimate of drug-likeness (QED) is 0.680. The first-order chi connectivity index (χ1) is 10.1. The van der Waals surface area contributed by atoms with Crippen LogP contribution < -0.4 is 0 Å². The van der Waals surface area contributed by atoms with Crippen molar-refractivity contribution in [1.29, 1.82) is 0 Å². The molecule has 0 spiro atoms. The Balaban J connectivity index is 2.07. The van der Waals surface area contributed by atoms with E-state index in [4.69, 9.17) is 16.6 Å². The average Bonchev–Trinajstić information content (AvgIpc) is 3.10. The van der Waals surface area contributed by atoms with Crippen LogP contribution in [0.2, 0.25) is 0 Å². The number of aromatic nitrogens is 6. The van der Waals surface area contributed by atoms with Crippen LogP contribution in [0.5, 0.6) is 0 Å². The lowest BCUT2D eigenvalue weighted by atomic mass is 10.3. The molecule has 6 nitrogen and oxygen atoms in total. The highest BCUT2D eigenvalue weighted by Crippen LogP contribution is 2.24. The lowest BCUT2D eigenvalue weighted by Gasteiger charge is -2.18. The Kier molecular flexibility index (Phi) is 3.71. The van der Waals surface area contributed by atoms with Crippen molar-refractivity contribution in [2.24, 2.45) is 7.05 Å². The van der Waals surface area contributed by atoms with Crippen LogP contribution in [0.4, 0.5) is 0 Å². The molecule has 0 saturated heterocycles. The van der Waals surface area contributed by atoms with E-state index in [1.807, 2.05) is 31.2 Å². The zero-order chi connectivity index (χ0) is 15.0. The number of imidazole rings is 2. The van der Waals surface area contributed by atoms with E-state index in [0.717, 1.165) is 35.6 Å². The Labute approximate surface area is 128 Å². The van der Waals surface area contributed by atoms with Gasteiger partial charge in [0.05, 0.1) is 18.1 Å². The van der Waals surface area contributed by atoms with Gasteiger partial charge in [-0.15, -0.1) is 11.6 Å². The first kappa shape index (κ1) is 14.1. The fourth-order valence-electron chi connectivity index (χ4n) is 2.85. The van der Waals surface area contributed by atoms with E-state index in [1.165, 1.54) is 0 Å². The Morgan fingerprint density at radius 1 is 1.38 bits per heavy atom. The van der Waals surface area contributed by atoms with Gasteiger partial charge in [0.15, 0.2) is 5.65 Å². The maximum Gasteiger partial charge on any atom is 0.158 e. The molecule has 0 radical (unpaired) electrons. The molecule has 112 valence electrons. The molecule has 1 unspecified atom stereocenters. The summed E-state index contributed by atoms with van der Waals surface area (Å²) in [6.45, 7) is 5.01. The SMILES string of the molecule is Cc1nn(C)c2c1nc(CCCl)n2C(C)Cn1ccnc1. The van der Waals surface area contributed by atoms with Crippen LogP contribution in [0, 0.1) is 6.92 Å². The Morgan fingerprint density at radius 2 is 2.19 bits per heavy atom. The summed E-state index contributed by atoms with van der Waals surface area (Å²) in [5.74, 6) is 1.58. The topological polar surface area (TPSA) is 53.5 Å². The summed E-state index contributed by atoms with van der Waals surface area (Å²) < 4.78 is 6.22. The first-order valence-electron chi connectivity index (χ1n) is 7.04. The first-order valence-corrected chi connectivity index (χ1v) is 7.57. The van der Waals surface area contributed by atoms with Gasteiger partial charge in [0.1, 0.15) is 11.3 Å². The van der Waals surface area contributed by atoms with Crippen LogP contribution >= 0.6 is 11.6 Å². The van der Waals surface area contributed by atoms with Crippen molar-refractivity contribution in [2.45, 2.75) is 32.9 Å². The molecule has 3 aromatic heterocycles. The predicted molar refractivity (Wildman–Crippen MR) is 82.6 cm³/mol. The van der Waals surface area contributed by atoms with Crippen molar-refractivity contribution in [2.75, 3.05) is 5.88 Å². The number of rotatable bonds is 5. The molecule has 1 atom stereocenters. The van der Waals surface area contributed by atoms with E-state index in [9.17, 15) is 0 Å². The zero-order valence-electron chi connectivity index (χ0n) is 12.5. The Morgan fingerprint density at radius 3 is 2.86 bits per heavy atom. The lowest BCUT2D eigenvalue weighted by Crippen LogP contribution is -2.17. The summed E-state index contributed by atoms with van der Waals surface area (Å²) in [4.78, 5) is 8.84. The summed E-state index contributed by atoms with van der Waals surface area (Å²) in [6, 6.07) is 0.247. The van der Waals surface area contributed by atoms with Gasteiger partial charge in [-0.25, -0.2) is 9.97 Å². The van der Waals surface area contributed by atoms with Crippen molar-refractivity contribution in [3.63, 3.8) is 0 Å². The monoisotopic (exact) mass is 306 g/mol. The largest absolute Gasteiger partial charge is 0.335 e. The zero-order valence-corrected chi connectivity index (χ0v) is 13.2. The van der Waals surface area contributed by atoms with Crippen molar-refractivity contribution < 1.29 is 0 Å². The maximum atomic E-state index is 5.94. The van der Waals surface area contributed by atoms with Gasteiger partial charge in [-0.1, -0.05) is 0 Å². The van der Waals surface area contributed by atoms with Crippen LogP contribution in [0.3, 0.4) is 0 Å². The normalized spacial score (nSPS) is 13.1. The van der Waals surface area contributed by atoms with Crippen molar-refractivity contribution in [3.8, 4) is 0 Å². The smallest absolute Gasteiger partial charge is 0.158 e. The second-order valence-corrected chi connectivity index (χ2v) is 5.70. The van der Waals surface area contributed by atoms with Crippen molar-refractivity contribution >= 4 is 22.8 Å². The minimum absolute atomic E-state index is 0.247. The van der Waals surface area contributed by atoms with E-state index in [1.54, 1.807) is 6.20 Å². The minimum atomic E-state index is 0.247. The molecule has 3 heterocycles. The van der Waals surface area contributed by atoms with Gasteiger partial charge in [-0.2, -0.15) is 5.10 Å². The molecule has 0 aliphatic rings. The van der Waals surface area contributed by atoms with E-state index in [0.29, 0.717) is 5.88 Å². The van der Waals surface area contributed by atoms with Crippen molar-refractivity contribution in [3.05, 3.63) is 30.2 Å². The van der Waals surface area contributed by atoms with Crippen LogP contribution in [-0.2, 0) is 20.0 Å². The minimum Gasteiger partial charge on any atom is -0.335 e. The molecule has 3 aromatic rings. The second kappa shape index (κ2) is 5.52. The molecule has 0 amide bonds. The molecular formula is C14H19ClN6. The van der Waals surface area contributed by atoms with Crippen LogP contribution in [-0.4, -0.2) is 34.8 Å². The number of fused-ring (bicyclic) bond motifs is 1. The third-order valence-corrected chi connectivity index (χ3v) is 3.89. The van der Waals surface area contributed by atoms with E-state index >= 15 is 0 Å². The van der Waals surface area contributed by atoms with Gasteiger partial charge in [0, 0.05) is 38.3 Å². The van der Waals surface area contributed by atoms with Crippen LogP contribution in [0.15, 0.2) is 18.7 Å². The number of hydrogen-bond acceptors (Lipinski definition) is 3. The summed E-state index contributed by atoms with van der Waals surface area (Å²) in [7, 11) is 1.96. The Hall–Kier alpha value is -1.82. The lowest BCUT2D eigenvalue weighted by molar-refractivity contribution is 0.454. The number of hydrogen-bond donors (Lipinski definition) is 0. The molecule has 3 rings (SSSR count). The van der Waals surface area contributed by atoms with Gasteiger partial charge in [0.25, 0.3) is 0 Å². The maximum absolute atomic E-state index is 5.94. The summed E-state index contributed by atoms with van der Waals surface area (Å²) >= 11 is 5.94. The van der Waals surface area contributed by atoms with Crippen molar-refractivity contribution in [1.82, 2.24) is 28.9 Å². The Bertz CT molecular complexity index is 739. The molecule has 21 heavy (non-hydrogen) atoms. The molecule has 7 heteroatoms. The molecule has 0 N–H and O–H groups in total. The summed E-state index contributed by atoms with van der Waals surface area (Å²) in [5, 5.41) is 4.47. The summed E-state index contributed by atoms with van der Waals surface area (Å²) in [5.41, 5.74) is 2.98.